The van der Waals surface area contributed by atoms with Crippen molar-refractivity contribution in [2.75, 3.05) is 13.1 Å². The second-order valence-electron chi connectivity index (χ2n) is 5.88. The highest BCUT2D eigenvalue weighted by Crippen LogP contribution is 2.05. The minimum atomic E-state index is -0.574. The van der Waals surface area contributed by atoms with Gasteiger partial charge in [-0.1, -0.05) is 42.5 Å². The number of halogens is 1. The van der Waals surface area contributed by atoms with Crippen LogP contribution in [0.3, 0.4) is 0 Å². The van der Waals surface area contributed by atoms with Crippen LogP contribution < -0.4 is 21.7 Å². The van der Waals surface area contributed by atoms with Crippen molar-refractivity contribution in [3.63, 3.8) is 0 Å². The van der Waals surface area contributed by atoms with Crippen LogP contribution in [0, 0.1) is 0 Å². The van der Waals surface area contributed by atoms with Gasteiger partial charge in [-0.15, -0.1) is 24.0 Å². The SMILES string of the molecule is CCNC(=NCc1ccccc1)NCc1ccc(C(=O)NCC(N)=O)cc1.I. The van der Waals surface area contributed by atoms with Gasteiger partial charge in [0.1, 0.15) is 0 Å². The van der Waals surface area contributed by atoms with Gasteiger partial charge in [-0.3, -0.25) is 9.59 Å². The Morgan fingerprint density at radius 2 is 1.61 bits per heavy atom. The molecule has 0 saturated heterocycles. The first-order chi connectivity index (χ1) is 13.1. The van der Waals surface area contributed by atoms with Gasteiger partial charge in [0, 0.05) is 18.7 Å². The van der Waals surface area contributed by atoms with Gasteiger partial charge in [0.15, 0.2) is 5.96 Å². The fourth-order valence-electron chi connectivity index (χ4n) is 2.32. The Kier molecular flexibility index (Phi) is 10.6. The minimum absolute atomic E-state index is 0. The lowest BCUT2D eigenvalue weighted by atomic mass is 10.1. The van der Waals surface area contributed by atoms with Gasteiger partial charge in [0.2, 0.25) is 5.91 Å². The molecule has 2 rings (SSSR count). The van der Waals surface area contributed by atoms with E-state index in [1.807, 2.05) is 49.4 Å². The Labute approximate surface area is 182 Å². The lowest BCUT2D eigenvalue weighted by Crippen LogP contribution is -2.36. The van der Waals surface area contributed by atoms with Crippen molar-refractivity contribution in [1.82, 2.24) is 16.0 Å². The van der Waals surface area contributed by atoms with E-state index in [0.717, 1.165) is 23.6 Å². The van der Waals surface area contributed by atoms with Crippen molar-refractivity contribution in [1.29, 1.82) is 0 Å². The monoisotopic (exact) mass is 495 g/mol. The van der Waals surface area contributed by atoms with Crippen molar-refractivity contribution in [2.45, 2.75) is 20.0 Å². The fourth-order valence-corrected chi connectivity index (χ4v) is 2.32. The van der Waals surface area contributed by atoms with E-state index in [0.29, 0.717) is 18.7 Å². The Balaban J connectivity index is 0.00000392. The maximum absolute atomic E-state index is 11.9. The number of nitrogens with one attached hydrogen (secondary N) is 3. The molecule has 0 bridgehead atoms. The summed E-state index contributed by atoms with van der Waals surface area (Å²) in [5.74, 6) is -0.175. The molecule has 7 nitrogen and oxygen atoms in total. The molecule has 0 aliphatic heterocycles. The number of nitrogens with zero attached hydrogens (tertiary/aromatic N) is 1. The molecule has 2 aromatic carbocycles. The molecular formula is C20H26IN5O2. The van der Waals surface area contributed by atoms with Crippen LogP contribution in [0.25, 0.3) is 0 Å². The van der Waals surface area contributed by atoms with E-state index < -0.39 is 5.91 Å². The van der Waals surface area contributed by atoms with E-state index >= 15 is 0 Å². The molecule has 0 aromatic heterocycles. The zero-order valence-corrected chi connectivity index (χ0v) is 18.1. The molecule has 5 N–H and O–H groups in total. The molecule has 0 fully saturated rings. The van der Waals surface area contributed by atoms with Gasteiger partial charge in [-0.2, -0.15) is 0 Å². The van der Waals surface area contributed by atoms with Crippen LogP contribution in [0.2, 0.25) is 0 Å². The predicted molar refractivity (Wildman–Crippen MR) is 121 cm³/mol. The summed E-state index contributed by atoms with van der Waals surface area (Å²) >= 11 is 0. The molecule has 2 aromatic rings. The van der Waals surface area contributed by atoms with Crippen LogP contribution in [-0.4, -0.2) is 30.9 Å². The number of carbonyl (C=O) groups is 2. The van der Waals surface area contributed by atoms with E-state index in [-0.39, 0.29) is 36.4 Å². The highest BCUT2D eigenvalue weighted by Gasteiger charge is 2.06. The molecule has 0 unspecified atom stereocenters. The minimum Gasteiger partial charge on any atom is -0.368 e. The number of hydrogen-bond acceptors (Lipinski definition) is 3. The zero-order chi connectivity index (χ0) is 19.5. The highest BCUT2D eigenvalue weighted by atomic mass is 127. The molecule has 150 valence electrons. The summed E-state index contributed by atoms with van der Waals surface area (Å²) < 4.78 is 0. The molecule has 8 heteroatoms. The third-order valence-corrected chi connectivity index (χ3v) is 3.71. The largest absolute Gasteiger partial charge is 0.368 e. The Morgan fingerprint density at radius 1 is 0.929 bits per heavy atom. The van der Waals surface area contributed by atoms with Gasteiger partial charge in [0.05, 0.1) is 13.1 Å². The molecule has 0 aliphatic carbocycles. The molecule has 0 saturated carbocycles. The molecule has 28 heavy (non-hydrogen) atoms. The Bertz CT molecular complexity index is 779. The first-order valence-corrected chi connectivity index (χ1v) is 8.80. The second-order valence-corrected chi connectivity index (χ2v) is 5.88. The maximum Gasteiger partial charge on any atom is 0.251 e. The van der Waals surface area contributed by atoms with Gasteiger partial charge >= 0.3 is 0 Å². The maximum atomic E-state index is 11.9. The van der Waals surface area contributed by atoms with Gasteiger partial charge in [-0.05, 0) is 30.2 Å². The van der Waals surface area contributed by atoms with Crippen LogP contribution in [0.4, 0.5) is 0 Å². The molecule has 0 spiro atoms. The van der Waals surface area contributed by atoms with E-state index in [2.05, 4.69) is 20.9 Å². The third-order valence-electron chi connectivity index (χ3n) is 3.71. The summed E-state index contributed by atoms with van der Waals surface area (Å²) in [5.41, 5.74) is 7.64. The number of rotatable bonds is 8. The number of carbonyl (C=O) groups excluding carboxylic acids is 2. The summed E-state index contributed by atoms with van der Waals surface area (Å²) in [6.45, 7) is 3.77. The van der Waals surface area contributed by atoms with Crippen molar-refractivity contribution >= 4 is 41.8 Å². The Morgan fingerprint density at radius 3 is 2.21 bits per heavy atom. The number of guanidine groups is 1. The van der Waals surface area contributed by atoms with Crippen molar-refractivity contribution < 1.29 is 9.59 Å². The first kappa shape index (κ1) is 23.4. The van der Waals surface area contributed by atoms with E-state index in [4.69, 9.17) is 5.73 Å². The molecular weight excluding hydrogens is 469 g/mol. The van der Waals surface area contributed by atoms with Crippen LogP contribution in [-0.2, 0) is 17.9 Å². The number of aliphatic imine (C=N–C) groups is 1. The van der Waals surface area contributed by atoms with E-state index in [1.165, 1.54) is 0 Å². The third kappa shape index (κ3) is 8.38. The first-order valence-electron chi connectivity index (χ1n) is 8.80. The topological polar surface area (TPSA) is 109 Å². The number of hydrogen-bond donors (Lipinski definition) is 4. The average Bonchev–Trinajstić information content (AvgIpc) is 2.69. The quantitative estimate of drug-likeness (QED) is 0.254. The van der Waals surface area contributed by atoms with Gasteiger partial charge < -0.3 is 21.7 Å². The lowest BCUT2D eigenvalue weighted by Gasteiger charge is -2.12. The van der Waals surface area contributed by atoms with Crippen molar-refractivity contribution in [2.24, 2.45) is 10.7 Å². The molecule has 2 amide bonds. The van der Waals surface area contributed by atoms with Crippen LogP contribution in [0.15, 0.2) is 59.6 Å². The summed E-state index contributed by atoms with van der Waals surface area (Å²) in [6, 6.07) is 17.2. The molecule has 0 heterocycles. The summed E-state index contributed by atoms with van der Waals surface area (Å²) in [5, 5.41) is 8.94. The Hall–Kier alpha value is -2.62. The molecule has 0 radical (unpaired) electrons. The highest BCUT2D eigenvalue weighted by molar-refractivity contribution is 14.0. The van der Waals surface area contributed by atoms with E-state index in [1.54, 1.807) is 12.1 Å². The van der Waals surface area contributed by atoms with Crippen molar-refractivity contribution in [3.8, 4) is 0 Å². The van der Waals surface area contributed by atoms with Crippen molar-refractivity contribution in [3.05, 3.63) is 71.3 Å². The molecule has 0 aliphatic rings. The number of amides is 2. The standard InChI is InChI=1S/C20H25N5O2.HI/c1-2-22-20(24-12-15-6-4-3-5-7-15)25-13-16-8-10-17(11-9-16)19(27)23-14-18(21)26;/h3-11H,2,12-14H2,1H3,(H2,21,26)(H,23,27)(H2,22,24,25);1H. The number of benzene rings is 2. The fraction of sp³-hybridized carbons (Fsp3) is 0.250. The number of nitrogens with two attached hydrogens (primary N) is 1. The predicted octanol–water partition coefficient (Wildman–Crippen LogP) is 1.77. The zero-order valence-electron chi connectivity index (χ0n) is 15.8. The lowest BCUT2D eigenvalue weighted by molar-refractivity contribution is -0.117. The smallest absolute Gasteiger partial charge is 0.251 e. The second kappa shape index (κ2) is 12.7. The van der Waals surface area contributed by atoms with Gasteiger partial charge in [0.25, 0.3) is 5.91 Å². The average molecular weight is 495 g/mol. The summed E-state index contributed by atoms with van der Waals surface area (Å²) in [7, 11) is 0. The van der Waals surface area contributed by atoms with Crippen LogP contribution >= 0.6 is 24.0 Å². The normalized spacial score (nSPS) is 10.5. The van der Waals surface area contributed by atoms with Gasteiger partial charge in [-0.25, -0.2) is 4.99 Å². The molecule has 0 atom stereocenters. The number of primary amides is 1. The van der Waals surface area contributed by atoms with Crippen LogP contribution in [0.5, 0.6) is 0 Å². The van der Waals surface area contributed by atoms with Crippen LogP contribution in [0.1, 0.15) is 28.4 Å². The van der Waals surface area contributed by atoms with E-state index in [9.17, 15) is 9.59 Å². The summed E-state index contributed by atoms with van der Waals surface area (Å²) in [6.07, 6.45) is 0. The summed E-state index contributed by atoms with van der Waals surface area (Å²) in [4.78, 5) is 27.2.